The van der Waals surface area contributed by atoms with Crippen LogP contribution < -0.4 is 5.32 Å². The fraction of sp³-hybridized carbons (Fsp3) is 0.0667. The molecule has 7 heteroatoms. The average Bonchev–Trinajstić information content (AvgIpc) is 3.11. The highest BCUT2D eigenvalue weighted by Gasteiger charge is 2.10. The van der Waals surface area contributed by atoms with Gasteiger partial charge in [0.2, 0.25) is 0 Å². The molecule has 1 aromatic carbocycles. The van der Waals surface area contributed by atoms with Crippen molar-refractivity contribution in [3.05, 3.63) is 62.4 Å². The third-order valence-electron chi connectivity index (χ3n) is 2.95. The summed E-state index contributed by atoms with van der Waals surface area (Å²) in [6.45, 7) is 1.95. The molecule has 0 saturated carbocycles. The van der Waals surface area contributed by atoms with E-state index in [1.54, 1.807) is 35.1 Å². The normalized spacial score (nSPS) is 10.7. The summed E-state index contributed by atoms with van der Waals surface area (Å²) in [5, 5.41) is 9.95. The van der Waals surface area contributed by atoms with E-state index < -0.39 is 0 Å². The number of hydrogen-bond donors (Lipinski definition) is 1. The standard InChI is InChI=1S/C15H11Cl2N3OS/c1-9-6-13(22-8-9)15(21)18-14-4-5-20(19-14)10-2-3-11(16)12(17)7-10/h2-8H,1H3,(H,18,19,21). The van der Waals surface area contributed by atoms with Crippen LogP contribution in [0, 0.1) is 6.92 Å². The number of hydrogen-bond acceptors (Lipinski definition) is 3. The number of halogens is 2. The predicted octanol–water partition coefficient (Wildman–Crippen LogP) is 4.80. The number of nitrogens with zero attached hydrogens (tertiary/aromatic N) is 2. The lowest BCUT2D eigenvalue weighted by Crippen LogP contribution is -2.11. The summed E-state index contributed by atoms with van der Waals surface area (Å²) in [6.07, 6.45) is 1.74. The van der Waals surface area contributed by atoms with Gasteiger partial charge in [-0.15, -0.1) is 11.3 Å². The molecule has 3 rings (SSSR count). The summed E-state index contributed by atoms with van der Waals surface area (Å²) in [4.78, 5) is 12.7. The van der Waals surface area contributed by atoms with E-state index >= 15 is 0 Å². The number of aromatic nitrogens is 2. The van der Waals surface area contributed by atoms with Crippen molar-refractivity contribution in [2.75, 3.05) is 5.32 Å². The van der Waals surface area contributed by atoms with Crippen molar-refractivity contribution >= 4 is 46.3 Å². The number of nitrogens with one attached hydrogen (secondary N) is 1. The fourth-order valence-corrected chi connectivity index (χ4v) is 2.98. The average molecular weight is 352 g/mol. The smallest absolute Gasteiger partial charge is 0.266 e. The Hall–Kier alpha value is -1.82. The first-order chi connectivity index (χ1) is 10.5. The second-order valence-corrected chi connectivity index (χ2v) is 6.41. The van der Waals surface area contributed by atoms with Crippen molar-refractivity contribution < 1.29 is 4.79 Å². The molecule has 3 aromatic rings. The van der Waals surface area contributed by atoms with Gasteiger partial charge < -0.3 is 5.32 Å². The minimum atomic E-state index is -0.169. The molecule has 0 fully saturated rings. The van der Waals surface area contributed by atoms with Crippen LogP contribution in [0.4, 0.5) is 5.82 Å². The van der Waals surface area contributed by atoms with Crippen LogP contribution in [0.2, 0.25) is 10.0 Å². The van der Waals surface area contributed by atoms with E-state index in [-0.39, 0.29) is 5.91 Å². The number of anilines is 1. The fourth-order valence-electron chi connectivity index (χ4n) is 1.89. The zero-order valence-corrected chi connectivity index (χ0v) is 13.8. The summed E-state index contributed by atoms with van der Waals surface area (Å²) < 4.78 is 1.62. The molecule has 0 unspecified atom stereocenters. The van der Waals surface area contributed by atoms with E-state index in [2.05, 4.69) is 10.4 Å². The number of amides is 1. The Morgan fingerprint density at radius 2 is 2.05 bits per heavy atom. The molecule has 22 heavy (non-hydrogen) atoms. The summed E-state index contributed by atoms with van der Waals surface area (Å²) in [6, 6.07) is 8.78. The van der Waals surface area contributed by atoms with Crippen LogP contribution in [-0.4, -0.2) is 15.7 Å². The van der Waals surface area contributed by atoms with Crippen LogP contribution in [-0.2, 0) is 0 Å². The molecule has 0 aliphatic heterocycles. The van der Waals surface area contributed by atoms with Crippen molar-refractivity contribution in [1.82, 2.24) is 9.78 Å². The summed E-state index contributed by atoms with van der Waals surface area (Å²) in [5.41, 5.74) is 1.83. The Labute approximate surface area is 141 Å². The van der Waals surface area contributed by atoms with Crippen LogP contribution in [0.3, 0.4) is 0 Å². The quantitative estimate of drug-likeness (QED) is 0.736. The summed E-state index contributed by atoms with van der Waals surface area (Å²) in [7, 11) is 0. The van der Waals surface area contributed by atoms with Gasteiger partial charge in [0.1, 0.15) is 0 Å². The summed E-state index contributed by atoms with van der Waals surface area (Å²) >= 11 is 13.3. The third kappa shape index (κ3) is 3.16. The van der Waals surface area contributed by atoms with E-state index in [4.69, 9.17) is 23.2 Å². The second kappa shape index (κ2) is 6.12. The van der Waals surface area contributed by atoms with Crippen molar-refractivity contribution in [2.24, 2.45) is 0 Å². The van der Waals surface area contributed by atoms with Crippen LogP contribution >= 0.6 is 34.5 Å². The van der Waals surface area contributed by atoms with E-state index in [0.717, 1.165) is 11.3 Å². The highest BCUT2D eigenvalue weighted by Crippen LogP contribution is 2.24. The van der Waals surface area contributed by atoms with Crippen molar-refractivity contribution in [3.8, 4) is 5.69 Å². The van der Waals surface area contributed by atoms with E-state index in [9.17, 15) is 4.79 Å². The van der Waals surface area contributed by atoms with E-state index in [0.29, 0.717) is 20.7 Å². The van der Waals surface area contributed by atoms with Gasteiger partial charge in [0.05, 0.1) is 20.6 Å². The first-order valence-corrected chi connectivity index (χ1v) is 8.04. The number of thiophene rings is 1. The number of carbonyl (C=O) groups excluding carboxylic acids is 1. The van der Waals surface area contributed by atoms with E-state index in [1.807, 2.05) is 18.4 Å². The van der Waals surface area contributed by atoms with Gasteiger partial charge in [-0.05, 0) is 42.1 Å². The van der Waals surface area contributed by atoms with Crippen molar-refractivity contribution in [2.45, 2.75) is 6.92 Å². The van der Waals surface area contributed by atoms with Crippen molar-refractivity contribution in [3.63, 3.8) is 0 Å². The van der Waals surface area contributed by atoms with Crippen LogP contribution in [0.5, 0.6) is 0 Å². The molecule has 0 bridgehead atoms. The molecule has 0 atom stereocenters. The molecular weight excluding hydrogens is 341 g/mol. The lowest BCUT2D eigenvalue weighted by atomic mass is 10.3. The molecule has 112 valence electrons. The molecule has 0 saturated heterocycles. The lowest BCUT2D eigenvalue weighted by Gasteiger charge is -2.03. The molecule has 2 aromatic heterocycles. The topological polar surface area (TPSA) is 46.9 Å². The Bertz CT molecular complexity index is 841. The molecule has 0 spiro atoms. The zero-order chi connectivity index (χ0) is 15.7. The van der Waals surface area contributed by atoms with Gasteiger partial charge in [-0.1, -0.05) is 23.2 Å². The van der Waals surface area contributed by atoms with Crippen molar-refractivity contribution in [1.29, 1.82) is 0 Å². The second-order valence-electron chi connectivity index (χ2n) is 4.69. The minimum absolute atomic E-state index is 0.169. The molecule has 0 radical (unpaired) electrons. The molecule has 0 aliphatic carbocycles. The monoisotopic (exact) mass is 351 g/mol. The third-order valence-corrected chi connectivity index (χ3v) is 4.74. The highest BCUT2D eigenvalue weighted by atomic mass is 35.5. The molecule has 1 N–H and O–H groups in total. The SMILES string of the molecule is Cc1csc(C(=O)Nc2ccn(-c3ccc(Cl)c(Cl)c3)n2)c1. The minimum Gasteiger partial charge on any atom is -0.304 e. The number of carbonyl (C=O) groups is 1. The lowest BCUT2D eigenvalue weighted by molar-refractivity contribution is 0.103. The molecule has 0 aliphatic rings. The predicted molar refractivity (Wildman–Crippen MR) is 90.6 cm³/mol. The molecule has 1 amide bonds. The first kappa shape index (κ1) is 15.1. The largest absolute Gasteiger partial charge is 0.304 e. The number of rotatable bonds is 3. The van der Waals surface area contributed by atoms with Crippen LogP contribution in [0.1, 0.15) is 15.2 Å². The number of benzene rings is 1. The van der Waals surface area contributed by atoms with Gasteiger partial charge in [0.15, 0.2) is 5.82 Å². The Morgan fingerprint density at radius 1 is 1.23 bits per heavy atom. The first-order valence-electron chi connectivity index (χ1n) is 6.40. The van der Waals surface area contributed by atoms with Crippen LogP contribution in [0.15, 0.2) is 41.9 Å². The van der Waals surface area contributed by atoms with Gasteiger partial charge in [-0.3, -0.25) is 4.79 Å². The van der Waals surface area contributed by atoms with Gasteiger partial charge in [0.25, 0.3) is 5.91 Å². The Morgan fingerprint density at radius 3 is 2.73 bits per heavy atom. The Kier molecular flexibility index (Phi) is 4.20. The van der Waals surface area contributed by atoms with Gasteiger partial charge >= 0.3 is 0 Å². The maximum Gasteiger partial charge on any atom is 0.266 e. The van der Waals surface area contributed by atoms with Gasteiger partial charge in [-0.25, -0.2) is 4.68 Å². The van der Waals surface area contributed by atoms with Gasteiger partial charge in [-0.2, -0.15) is 5.10 Å². The highest BCUT2D eigenvalue weighted by molar-refractivity contribution is 7.12. The van der Waals surface area contributed by atoms with Gasteiger partial charge in [0, 0.05) is 12.3 Å². The molecular formula is C15H11Cl2N3OS. The summed E-state index contributed by atoms with van der Waals surface area (Å²) in [5.74, 6) is 0.305. The Balaban J connectivity index is 1.78. The van der Waals surface area contributed by atoms with Crippen LogP contribution in [0.25, 0.3) is 5.69 Å². The zero-order valence-electron chi connectivity index (χ0n) is 11.5. The maximum absolute atomic E-state index is 12.1. The molecule has 4 nitrogen and oxygen atoms in total. The molecule has 2 heterocycles. The maximum atomic E-state index is 12.1. The van der Waals surface area contributed by atoms with E-state index in [1.165, 1.54) is 11.3 Å². The number of aryl methyl sites for hydroxylation is 1.